The highest BCUT2D eigenvalue weighted by atomic mass is 16.5. The van der Waals surface area contributed by atoms with Crippen molar-refractivity contribution in [3.8, 4) is 0 Å². The molecule has 18 heavy (non-hydrogen) atoms. The van der Waals surface area contributed by atoms with Crippen molar-refractivity contribution in [2.45, 2.75) is 13.8 Å². The zero-order chi connectivity index (χ0) is 12.8. The molecule has 1 aliphatic heterocycles. The van der Waals surface area contributed by atoms with Crippen molar-refractivity contribution in [1.29, 1.82) is 0 Å². The predicted octanol–water partition coefficient (Wildman–Crippen LogP) is 1.73. The molecule has 3 heterocycles. The lowest BCUT2D eigenvalue weighted by Crippen LogP contribution is -2.45. The third kappa shape index (κ3) is 1.84. The van der Waals surface area contributed by atoms with Crippen LogP contribution in [0.25, 0.3) is 11.0 Å². The van der Waals surface area contributed by atoms with E-state index < -0.39 is 0 Å². The molecule has 0 atom stereocenters. The van der Waals surface area contributed by atoms with Crippen molar-refractivity contribution in [3.63, 3.8) is 0 Å². The van der Waals surface area contributed by atoms with Crippen LogP contribution in [-0.4, -0.2) is 34.5 Å². The standard InChI is InChI=1S/C13H18N4O/c1-9-11-4-10(5-14-12(11)17(3)16-9)15-6-13(2)7-18-8-13/h4-5,15H,6-8H2,1-3H3. The Bertz CT molecular complexity index is 586. The van der Waals surface area contributed by atoms with E-state index in [1.54, 1.807) is 0 Å². The molecule has 0 bridgehead atoms. The number of aryl methyl sites for hydroxylation is 2. The van der Waals surface area contributed by atoms with Crippen molar-refractivity contribution < 1.29 is 4.74 Å². The van der Waals surface area contributed by atoms with Gasteiger partial charge in [0.25, 0.3) is 0 Å². The molecule has 0 radical (unpaired) electrons. The average Bonchev–Trinajstić information content (AvgIpc) is 2.60. The Labute approximate surface area is 106 Å². The summed E-state index contributed by atoms with van der Waals surface area (Å²) in [5.41, 5.74) is 3.25. The molecule has 0 aromatic carbocycles. The molecular weight excluding hydrogens is 228 g/mol. The van der Waals surface area contributed by atoms with Crippen LogP contribution in [-0.2, 0) is 11.8 Å². The molecule has 1 aliphatic rings. The highest BCUT2D eigenvalue weighted by Gasteiger charge is 2.32. The molecule has 2 aromatic heterocycles. The third-order valence-corrected chi connectivity index (χ3v) is 3.48. The molecule has 0 aliphatic carbocycles. The SMILES string of the molecule is Cc1nn(C)c2ncc(NCC3(C)COC3)cc12. The second kappa shape index (κ2) is 3.95. The van der Waals surface area contributed by atoms with E-state index in [9.17, 15) is 0 Å². The summed E-state index contributed by atoms with van der Waals surface area (Å²) in [6.45, 7) is 6.82. The van der Waals surface area contributed by atoms with Gasteiger partial charge in [0.05, 0.1) is 30.8 Å². The molecule has 96 valence electrons. The number of aromatic nitrogens is 3. The first-order chi connectivity index (χ1) is 8.57. The van der Waals surface area contributed by atoms with E-state index in [-0.39, 0.29) is 5.41 Å². The van der Waals surface area contributed by atoms with Crippen molar-refractivity contribution >= 4 is 16.7 Å². The van der Waals surface area contributed by atoms with E-state index in [1.807, 2.05) is 24.9 Å². The van der Waals surface area contributed by atoms with Gasteiger partial charge in [-0.1, -0.05) is 6.92 Å². The molecule has 5 nitrogen and oxygen atoms in total. The van der Waals surface area contributed by atoms with Gasteiger partial charge in [-0.2, -0.15) is 5.10 Å². The van der Waals surface area contributed by atoms with E-state index in [2.05, 4.69) is 28.4 Å². The highest BCUT2D eigenvalue weighted by Crippen LogP contribution is 2.27. The lowest BCUT2D eigenvalue weighted by molar-refractivity contribution is -0.0924. The van der Waals surface area contributed by atoms with E-state index in [4.69, 9.17) is 4.74 Å². The first kappa shape index (κ1) is 11.5. The largest absolute Gasteiger partial charge is 0.383 e. The summed E-state index contributed by atoms with van der Waals surface area (Å²) in [5.74, 6) is 0. The van der Waals surface area contributed by atoms with Crippen LogP contribution < -0.4 is 5.32 Å². The number of hydrogen-bond acceptors (Lipinski definition) is 4. The minimum Gasteiger partial charge on any atom is -0.383 e. The van der Waals surface area contributed by atoms with Crippen molar-refractivity contribution in [2.24, 2.45) is 12.5 Å². The molecule has 1 N–H and O–H groups in total. The Morgan fingerprint density at radius 2 is 2.28 bits per heavy atom. The zero-order valence-electron chi connectivity index (χ0n) is 11.0. The summed E-state index contributed by atoms with van der Waals surface area (Å²) >= 11 is 0. The number of nitrogens with one attached hydrogen (secondary N) is 1. The molecule has 0 spiro atoms. The summed E-state index contributed by atoms with van der Waals surface area (Å²) in [6, 6.07) is 2.12. The van der Waals surface area contributed by atoms with Gasteiger partial charge in [0.15, 0.2) is 5.65 Å². The number of ether oxygens (including phenoxy) is 1. The molecule has 0 unspecified atom stereocenters. The number of anilines is 1. The Kier molecular flexibility index (Phi) is 2.52. The fourth-order valence-corrected chi connectivity index (χ4v) is 2.27. The summed E-state index contributed by atoms with van der Waals surface area (Å²) in [6.07, 6.45) is 1.87. The summed E-state index contributed by atoms with van der Waals surface area (Å²) in [7, 11) is 1.92. The lowest BCUT2D eigenvalue weighted by atomic mass is 9.89. The Morgan fingerprint density at radius 1 is 1.50 bits per heavy atom. The summed E-state index contributed by atoms with van der Waals surface area (Å²) in [5, 5.41) is 8.92. The van der Waals surface area contributed by atoms with Gasteiger partial charge in [-0.05, 0) is 13.0 Å². The topological polar surface area (TPSA) is 52.0 Å². The Balaban J connectivity index is 1.82. The first-order valence-electron chi connectivity index (χ1n) is 6.18. The number of pyridine rings is 1. The first-order valence-corrected chi connectivity index (χ1v) is 6.18. The quantitative estimate of drug-likeness (QED) is 0.896. The van der Waals surface area contributed by atoms with Gasteiger partial charge in [0.1, 0.15) is 0 Å². The Hall–Kier alpha value is -1.62. The monoisotopic (exact) mass is 246 g/mol. The van der Waals surface area contributed by atoms with Crippen LogP contribution in [0.2, 0.25) is 0 Å². The number of rotatable bonds is 3. The summed E-state index contributed by atoms with van der Waals surface area (Å²) in [4.78, 5) is 4.45. The highest BCUT2D eigenvalue weighted by molar-refractivity contribution is 5.81. The maximum Gasteiger partial charge on any atom is 0.157 e. The van der Waals surface area contributed by atoms with Gasteiger partial charge in [-0.25, -0.2) is 4.98 Å². The maximum atomic E-state index is 5.25. The van der Waals surface area contributed by atoms with E-state index in [1.165, 1.54) is 0 Å². The van der Waals surface area contributed by atoms with Gasteiger partial charge in [-0.15, -0.1) is 0 Å². The Morgan fingerprint density at radius 3 is 2.94 bits per heavy atom. The van der Waals surface area contributed by atoms with Crippen LogP contribution in [0, 0.1) is 12.3 Å². The maximum absolute atomic E-state index is 5.25. The lowest BCUT2D eigenvalue weighted by Gasteiger charge is -2.38. The van der Waals surface area contributed by atoms with Gasteiger partial charge < -0.3 is 10.1 Å². The number of nitrogens with zero attached hydrogens (tertiary/aromatic N) is 3. The molecule has 5 heteroatoms. The minimum absolute atomic E-state index is 0.263. The van der Waals surface area contributed by atoms with Crippen molar-refractivity contribution in [3.05, 3.63) is 18.0 Å². The molecule has 0 saturated carbocycles. The third-order valence-electron chi connectivity index (χ3n) is 3.48. The second-order valence-electron chi connectivity index (χ2n) is 5.46. The van der Waals surface area contributed by atoms with Gasteiger partial charge in [0, 0.05) is 24.4 Å². The molecule has 1 fully saturated rings. The van der Waals surface area contributed by atoms with Gasteiger partial charge in [-0.3, -0.25) is 4.68 Å². The molecule has 2 aromatic rings. The van der Waals surface area contributed by atoms with Crippen LogP contribution in [0.15, 0.2) is 12.3 Å². The number of fused-ring (bicyclic) bond motifs is 1. The number of hydrogen-bond donors (Lipinski definition) is 1. The van der Waals surface area contributed by atoms with E-state index >= 15 is 0 Å². The van der Waals surface area contributed by atoms with Crippen LogP contribution >= 0.6 is 0 Å². The van der Waals surface area contributed by atoms with Crippen molar-refractivity contribution in [2.75, 3.05) is 25.1 Å². The normalized spacial score (nSPS) is 17.7. The van der Waals surface area contributed by atoms with E-state index in [0.29, 0.717) is 0 Å². The molecule has 3 rings (SSSR count). The van der Waals surface area contributed by atoms with Crippen LogP contribution in [0.5, 0.6) is 0 Å². The van der Waals surface area contributed by atoms with Crippen LogP contribution in [0.3, 0.4) is 0 Å². The van der Waals surface area contributed by atoms with Gasteiger partial charge in [0.2, 0.25) is 0 Å². The zero-order valence-corrected chi connectivity index (χ0v) is 11.0. The fourth-order valence-electron chi connectivity index (χ4n) is 2.27. The van der Waals surface area contributed by atoms with Crippen molar-refractivity contribution in [1.82, 2.24) is 14.8 Å². The second-order valence-corrected chi connectivity index (χ2v) is 5.46. The van der Waals surface area contributed by atoms with E-state index in [0.717, 1.165) is 42.2 Å². The van der Waals surface area contributed by atoms with Gasteiger partial charge >= 0.3 is 0 Å². The molecule has 1 saturated heterocycles. The molecular formula is C13H18N4O. The van der Waals surface area contributed by atoms with Crippen LogP contribution in [0.4, 0.5) is 5.69 Å². The fraction of sp³-hybridized carbons (Fsp3) is 0.538. The molecule has 0 amide bonds. The average molecular weight is 246 g/mol. The smallest absolute Gasteiger partial charge is 0.157 e. The van der Waals surface area contributed by atoms with Crippen LogP contribution in [0.1, 0.15) is 12.6 Å². The minimum atomic E-state index is 0.263. The predicted molar refractivity (Wildman–Crippen MR) is 70.7 cm³/mol. The summed E-state index contributed by atoms with van der Waals surface area (Å²) < 4.78 is 7.07.